The van der Waals surface area contributed by atoms with Crippen LogP contribution >= 0.6 is 0 Å². The van der Waals surface area contributed by atoms with Gasteiger partial charge < -0.3 is 18.9 Å². The van der Waals surface area contributed by atoms with Crippen LogP contribution in [0.1, 0.15) is 0 Å². The van der Waals surface area contributed by atoms with E-state index in [-0.39, 0.29) is 0 Å². The van der Waals surface area contributed by atoms with Crippen molar-refractivity contribution in [2.75, 3.05) is 28.4 Å². The Morgan fingerprint density at radius 3 is 1.06 bits per heavy atom. The number of ether oxygens (including phenoxy) is 4. The van der Waals surface area contributed by atoms with Gasteiger partial charge in [-0.2, -0.15) is 0 Å². The molecule has 1 aliphatic rings. The standard InChI is InChI=1S/C28H24O4/c1-29-21-13-7-11-19-17-9-5-6-10-18(17)20-12-8-14-22(30-2)26(20)28-24(32-4)16-15-23(31-3)27(28)25(19)21/h5-16H,1-4H3/b19-17-,20-18-,27-25+,28-26+. The minimum absolute atomic E-state index is 0.739. The summed E-state index contributed by atoms with van der Waals surface area (Å²) in [6.45, 7) is 0. The molecule has 0 saturated heterocycles. The Bertz CT molecular complexity index is 1600. The van der Waals surface area contributed by atoms with Crippen LogP contribution < -0.4 is 18.9 Å². The maximum absolute atomic E-state index is 5.89. The first kappa shape index (κ1) is 20.0. The van der Waals surface area contributed by atoms with E-state index in [0.717, 1.165) is 64.7 Å². The molecule has 160 valence electrons. The van der Waals surface area contributed by atoms with E-state index in [4.69, 9.17) is 18.9 Å². The van der Waals surface area contributed by atoms with Crippen molar-refractivity contribution in [3.63, 3.8) is 0 Å². The van der Waals surface area contributed by atoms with E-state index in [1.165, 1.54) is 0 Å². The van der Waals surface area contributed by atoms with Crippen molar-refractivity contribution in [3.05, 3.63) is 115 Å². The van der Waals surface area contributed by atoms with E-state index in [1.807, 2.05) is 36.4 Å². The van der Waals surface area contributed by atoms with Gasteiger partial charge in [-0.05, 0) is 45.1 Å². The lowest BCUT2D eigenvalue weighted by Gasteiger charge is -2.12. The molecule has 0 saturated carbocycles. The Labute approximate surface area is 185 Å². The fraction of sp³-hybridized carbons (Fsp3) is 0.143. The third kappa shape index (κ3) is 2.83. The van der Waals surface area contributed by atoms with Crippen molar-refractivity contribution in [1.82, 2.24) is 0 Å². The average Bonchev–Trinajstić information content (AvgIpc) is 2.85. The van der Waals surface area contributed by atoms with Gasteiger partial charge in [0.15, 0.2) is 0 Å². The van der Waals surface area contributed by atoms with Crippen LogP contribution in [0.3, 0.4) is 0 Å². The number of fused-ring (bicyclic) bond motifs is 4. The van der Waals surface area contributed by atoms with Crippen molar-refractivity contribution >= 4 is 0 Å². The van der Waals surface area contributed by atoms with Crippen LogP contribution in [0.4, 0.5) is 0 Å². The highest BCUT2D eigenvalue weighted by atomic mass is 16.5. The Kier molecular flexibility index (Phi) is 4.98. The maximum atomic E-state index is 5.89. The summed E-state index contributed by atoms with van der Waals surface area (Å²) in [5.41, 5.74) is 0. The molecule has 0 aliphatic heterocycles. The lowest BCUT2D eigenvalue weighted by molar-refractivity contribution is 0.393. The molecule has 0 atom stereocenters. The first-order chi connectivity index (χ1) is 15.7. The lowest BCUT2D eigenvalue weighted by atomic mass is 10.00. The Balaban J connectivity index is 2.49. The van der Waals surface area contributed by atoms with Gasteiger partial charge >= 0.3 is 0 Å². The molecule has 0 bridgehead atoms. The largest absolute Gasteiger partial charge is 0.496 e. The van der Waals surface area contributed by atoms with Crippen LogP contribution in [0.25, 0.3) is 0 Å². The van der Waals surface area contributed by atoms with Crippen LogP contribution in [0, 0.1) is 41.7 Å². The van der Waals surface area contributed by atoms with E-state index in [2.05, 4.69) is 36.4 Å². The number of rotatable bonds is 4. The van der Waals surface area contributed by atoms with Gasteiger partial charge in [-0.3, -0.25) is 0 Å². The van der Waals surface area contributed by atoms with Crippen LogP contribution in [-0.4, -0.2) is 28.4 Å². The summed E-state index contributed by atoms with van der Waals surface area (Å²) in [5.74, 6) is 3.01. The average molecular weight is 424 g/mol. The molecule has 1 aliphatic carbocycles. The predicted molar refractivity (Wildman–Crippen MR) is 123 cm³/mol. The van der Waals surface area contributed by atoms with Crippen molar-refractivity contribution in [2.45, 2.75) is 0 Å². The molecular weight excluding hydrogens is 400 g/mol. The summed E-state index contributed by atoms with van der Waals surface area (Å²) < 4.78 is 23.5. The van der Waals surface area contributed by atoms with Gasteiger partial charge in [0.1, 0.15) is 23.0 Å². The minimum Gasteiger partial charge on any atom is -0.496 e. The number of methoxy groups -OCH3 is 4. The molecule has 0 unspecified atom stereocenters. The smallest absolute Gasteiger partial charge is 0.127 e. The third-order valence-electron chi connectivity index (χ3n) is 6.07. The van der Waals surface area contributed by atoms with Crippen LogP contribution in [-0.2, 0) is 0 Å². The Morgan fingerprint density at radius 1 is 0.344 bits per heavy atom. The van der Waals surface area contributed by atoms with E-state index >= 15 is 0 Å². The second-order valence-electron chi connectivity index (χ2n) is 7.53. The van der Waals surface area contributed by atoms with E-state index in [9.17, 15) is 0 Å². The summed E-state index contributed by atoms with van der Waals surface area (Å²) in [6, 6.07) is 24.6. The zero-order valence-electron chi connectivity index (χ0n) is 18.6. The molecule has 0 heterocycles. The monoisotopic (exact) mass is 424 g/mol. The molecular formula is C28H24O4. The molecule has 5 rings (SSSR count). The highest BCUT2D eigenvalue weighted by Gasteiger charge is 2.13. The topological polar surface area (TPSA) is 36.9 Å². The van der Waals surface area contributed by atoms with Gasteiger partial charge in [-0.1, -0.05) is 48.5 Å². The summed E-state index contributed by atoms with van der Waals surface area (Å²) >= 11 is 0. The molecule has 0 fully saturated rings. The van der Waals surface area contributed by atoms with E-state index < -0.39 is 0 Å². The fourth-order valence-corrected chi connectivity index (χ4v) is 4.72. The van der Waals surface area contributed by atoms with Gasteiger partial charge in [0.2, 0.25) is 0 Å². The normalized spacial score (nSPS) is 15.6. The Hall–Kier alpha value is -3.92. The highest BCUT2D eigenvalue weighted by molar-refractivity contribution is 5.46. The zero-order chi connectivity index (χ0) is 22.2. The van der Waals surface area contributed by atoms with Gasteiger partial charge in [0, 0.05) is 20.9 Å². The van der Waals surface area contributed by atoms with Gasteiger partial charge in [-0.15, -0.1) is 0 Å². The Morgan fingerprint density at radius 2 is 0.688 bits per heavy atom. The zero-order valence-corrected chi connectivity index (χ0v) is 18.6. The summed E-state index contributed by atoms with van der Waals surface area (Å²) in [4.78, 5) is 0. The quantitative estimate of drug-likeness (QED) is 0.398. The SMILES string of the molecule is COc1cccc2/c1=c1/c(OC)ccc(OC)/c1=c1\c(OC)ccc\c1=c1/cccc/c1=2. The van der Waals surface area contributed by atoms with Gasteiger partial charge in [0.05, 0.1) is 28.4 Å². The molecule has 0 radical (unpaired) electrons. The first-order valence-electron chi connectivity index (χ1n) is 10.4. The molecule has 32 heavy (non-hydrogen) atoms. The van der Waals surface area contributed by atoms with E-state index in [1.54, 1.807) is 28.4 Å². The molecule has 4 aromatic rings. The van der Waals surface area contributed by atoms with Crippen molar-refractivity contribution in [3.8, 4) is 23.0 Å². The number of hydrogen-bond donors (Lipinski definition) is 0. The molecule has 4 aromatic carbocycles. The van der Waals surface area contributed by atoms with Crippen LogP contribution in [0.15, 0.2) is 72.8 Å². The molecule has 0 N–H and O–H groups in total. The summed E-state index contributed by atoms with van der Waals surface area (Å²) in [6.07, 6.45) is 0. The highest BCUT2D eigenvalue weighted by Crippen LogP contribution is 2.31. The lowest BCUT2D eigenvalue weighted by Crippen LogP contribution is -1.99. The molecule has 0 amide bonds. The molecule has 4 heteroatoms. The van der Waals surface area contributed by atoms with Crippen LogP contribution in [0.5, 0.6) is 23.0 Å². The van der Waals surface area contributed by atoms with E-state index in [0.29, 0.717) is 0 Å². The summed E-state index contributed by atoms with van der Waals surface area (Å²) in [5, 5.41) is 8.13. The second kappa shape index (κ2) is 7.97. The predicted octanol–water partition coefficient (Wildman–Crippen LogP) is 5.18. The van der Waals surface area contributed by atoms with Crippen molar-refractivity contribution in [2.24, 2.45) is 0 Å². The molecule has 4 nitrogen and oxygen atoms in total. The number of benzene rings is 4. The first-order valence-corrected chi connectivity index (χ1v) is 10.4. The van der Waals surface area contributed by atoms with Crippen molar-refractivity contribution < 1.29 is 18.9 Å². The van der Waals surface area contributed by atoms with Gasteiger partial charge in [0.25, 0.3) is 0 Å². The molecule has 0 aromatic heterocycles. The third-order valence-corrected chi connectivity index (χ3v) is 6.07. The number of hydrogen-bond acceptors (Lipinski definition) is 4. The van der Waals surface area contributed by atoms with Crippen molar-refractivity contribution in [1.29, 1.82) is 0 Å². The fourth-order valence-electron chi connectivity index (χ4n) is 4.72. The maximum Gasteiger partial charge on any atom is 0.127 e. The van der Waals surface area contributed by atoms with Gasteiger partial charge in [-0.25, -0.2) is 0 Å². The second-order valence-corrected chi connectivity index (χ2v) is 7.53. The summed E-state index contributed by atoms with van der Waals surface area (Å²) in [7, 11) is 6.77. The minimum atomic E-state index is 0.739. The van der Waals surface area contributed by atoms with Crippen LogP contribution in [0.2, 0.25) is 0 Å². The molecule has 0 spiro atoms.